The second kappa shape index (κ2) is 3.51. The Morgan fingerprint density at radius 3 is 3.00 bits per heavy atom. The Bertz CT molecular complexity index is 171. The van der Waals surface area contributed by atoms with E-state index in [4.69, 9.17) is 0 Å². The number of hydrogen-bond acceptors (Lipinski definition) is 4. The molecule has 0 amide bonds. The zero-order chi connectivity index (χ0) is 7.40. The summed E-state index contributed by atoms with van der Waals surface area (Å²) in [6.45, 7) is 5.29. The van der Waals surface area contributed by atoms with Crippen LogP contribution in [0.5, 0.6) is 0 Å². The van der Waals surface area contributed by atoms with Crippen molar-refractivity contribution in [3.63, 3.8) is 0 Å². The number of hydrogen-bond donors (Lipinski definition) is 1. The molecule has 0 aliphatic carbocycles. The molecule has 0 saturated heterocycles. The predicted molar refractivity (Wildman–Crippen MR) is 43.2 cm³/mol. The zero-order valence-electron chi connectivity index (χ0n) is 6.16. The van der Waals surface area contributed by atoms with Gasteiger partial charge in [-0.2, -0.15) is 0 Å². The van der Waals surface area contributed by atoms with Crippen molar-refractivity contribution in [1.29, 1.82) is 0 Å². The topological polar surface area (TPSA) is 37.8 Å². The van der Waals surface area contributed by atoms with Crippen molar-refractivity contribution in [3.8, 4) is 0 Å². The standard InChI is InChI=1S/C6H11N3S/c1-5(2)3-7-6-9-8-4-10-6/h4-5H,3H2,1-2H3,(H,7,9). The molecule has 10 heavy (non-hydrogen) atoms. The highest BCUT2D eigenvalue weighted by Gasteiger charge is 1.95. The Labute approximate surface area is 64.5 Å². The molecular weight excluding hydrogens is 146 g/mol. The van der Waals surface area contributed by atoms with Gasteiger partial charge >= 0.3 is 0 Å². The van der Waals surface area contributed by atoms with E-state index in [1.807, 2.05) is 0 Å². The summed E-state index contributed by atoms with van der Waals surface area (Å²) in [4.78, 5) is 0. The Hall–Kier alpha value is -0.640. The molecule has 0 unspecified atom stereocenters. The minimum absolute atomic E-state index is 0.656. The molecule has 0 atom stereocenters. The molecule has 3 nitrogen and oxygen atoms in total. The molecule has 0 radical (unpaired) electrons. The monoisotopic (exact) mass is 157 g/mol. The highest BCUT2D eigenvalue weighted by Crippen LogP contribution is 2.08. The SMILES string of the molecule is CC(C)CNc1nncs1. The van der Waals surface area contributed by atoms with E-state index in [9.17, 15) is 0 Å². The molecule has 0 fully saturated rings. The minimum atomic E-state index is 0.656. The minimum Gasteiger partial charge on any atom is -0.360 e. The Balaban J connectivity index is 2.28. The number of nitrogens with zero attached hydrogens (tertiary/aromatic N) is 2. The van der Waals surface area contributed by atoms with Crippen LogP contribution in [0.15, 0.2) is 5.51 Å². The number of nitrogens with one attached hydrogen (secondary N) is 1. The molecule has 0 bridgehead atoms. The zero-order valence-corrected chi connectivity index (χ0v) is 6.98. The van der Waals surface area contributed by atoms with Crippen molar-refractivity contribution in [1.82, 2.24) is 10.2 Å². The molecule has 0 saturated carbocycles. The third-order valence-corrected chi connectivity index (χ3v) is 1.67. The predicted octanol–water partition coefficient (Wildman–Crippen LogP) is 1.61. The van der Waals surface area contributed by atoms with Crippen molar-refractivity contribution in [2.24, 2.45) is 5.92 Å². The quantitative estimate of drug-likeness (QED) is 0.724. The Morgan fingerprint density at radius 1 is 1.70 bits per heavy atom. The summed E-state index contributed by atoms with van der Waals surface area (Å²) in [7, 11) is 0. The van der Waals surface area contributed by atoms with Gasteiger partial charge in [-0.15, -0.1) is 10.2 Å². The van der Waals surface area contributed by atoms with Crippen molar-refractivity contribution in [2.45, 2.75) is 13.8 Å². The third kappa shape index (κ3) is 2.31. The van der Waals surface area contributed by atoms with Crippen LogP contribution in [0.2, 0.25) is 0 Å². The lowest BCUT2D eigenvalue weighted by atomic mass is 10.2. The maximum absolute atomic E-state index is 3.85. The molecule has 4 heteroatoms. The van der Waals surface area contributed by atoms with Crippen LogP contribution in [0.1, 0.15) is 13.8 Å². The van der Waals surface area contributed by atoms with Gasteiger partial charge in [0.25, 0.3) is 0 Å². The van der Waals surface area contributed by atoms with Gasteiger partial charge in [-0.05, 0) is 5.92 Å². The first-order chi connectivity index (χ1) is 4.79. The number of rotatable bonds is 3. The van der Waals surface area contributed by atoms with Crippen molar-refractivity contribution in [2.75, 3.05) is 11.9 Å². The van der Waals surface area contributed by atoms with Gasteiger partial charge in [0.1, 0.15) is 5.51 Å². The molecule has 1 N–H and O–H groups in total. The molecule has 0 aliphatic heterocycles. The van der Waals surface area contributed by atoms with Crippen LogP contribution in [0.25, 0.3) is 0 Å². The molecular formula is C6H11N3S. The average Bonchev–Trinajstić information content (AvgIpc) is 2.34. The van der Waals surface area contributed by atoms with Crippen LogP contribution in [-0.4, -0.2) is 16.7 Å². The fourth-order valence-corrected chi connectivity index (χ4v) is 0.997. The van der Waals surface area contributed by atoms with Crippen LogP contribution < -0.4 is 5.32 Å². The lowest BCUT2D eigenvalue weighted by molar-refractivity contribution is 0.687. The first-order valence-electron chi connectivity index (χ1n) is 3.29. The molecule has 1 heterocycles. The molecule has 0 aromatic carbocycles. The molecule has 1 rings (SSSR count). The largest absolute Gasteiger partial charge is 0.360 e. The van der Waals surface area contributed by atoms with Crippen LogP contribution in [-0.2, 0) is 0 Å². The van der Waals surface area contributed by atoms with Gasteiger partial charge in [0.2, 0.25) is 5.13 Å². The van der Waals surface area contributed by atoms with Crippen LogP contribution in [0, 0.1) is 5.92 Å². The van der Waals surface area contributed by atoms with Gasteiger partial charge in [0.15, 0.2) is 0 Å². The van der Waals surface area contributed by atoms with Crippen LogP contribution in [0.4, 0.5) is 5.13 Å². The van der Waals surface area contributed by atoms with E-state index in [-0.39, 0.29) is 0 Å². The number of aromatic nitrogens is 2. The van der Waals surface area contributed by atoms with E-state index < -0.39 is 0 Å². The van der Waals surface area contributed by atoms with Gasteiger partial charge in [-0.3, -0.25) is 0 Å². The first kappa shape index (κ1) is 7.47. The summed E-state index contributed by atoms with van der Waals surface area (Å²) in [6, 6.07) is 0. The summed E-state index contributed by atoms with van der Waals surface area (Å²) >= 11 is 1.53. The highest BCUT2D eigenvalue weighted by molar-refractivity contribution is 7.13. The maximum Gasteiger partial charge on any atom is 0.205 e. The van der Waals surface area contributed by atoms with Crippen LogP contribution >= 0.6 is 11.3 Å². The smallest absolute Gasteiger partial charge is 0.205 e. The third-order valence-electron chi connectivity index (χ3n) is 1.02. The summed E-state index contributed by atoms with van der Waals surface area (Å²) in [6.07, 6.45) is 0. The highest BCUT2D eigenvalue weighted by atomic mass is 32.1. The first-order valence-corrected chi connectivity index (χ1v) is 4.17. The van der Waals surface area contributed by atoms with Gasteiger partial charge in [-0.25, -0.2) is 0 Å². The van der Waals surface area contributed by atoms with Crippen molar-refractivity contribution in [3.05, 3.63) is 5.51 Å². The second-order valence-corrected chi connectivity index (χ2v) is 3.35. The summed E-state index contributed by atoms with van der Waals surface area (Å²) in [5.41, 5.74) is 1.72. The molecule has 0 aliphatic rings. The normalized spacial score (nSPS) is 10.3. The molecule has 56 valence electrons. The van der Waals surface area contributed by atoms with Crippen molar-refractivity contribution >= 4 is 16.5 Å². The molecule has 0 spiro atoms. The summed E-state index contributed by atoms with van der Waals surface area (Å²) in [5.74, 6) is 0.656. The summed E-state index contributed by atoms with van der Waals surface area (Å²) < 4.78 is 0. The second-order valence-electron chi connectivity index (χ2n) is 2.52. The van der Waals surface area contributed by atoms with E-state index in [1.165, 1.54) is 11.3 Å². The van der Waals surface area contributed by atoms with Gasteiger partial charge in [-0.1, -0.05) is 25.2 Å². The lowest BCUT2D eigenvalue weighted by Crippen LogP contribution is -2.07. The van der Waals surface area contributed by atoms with E-state index >= 15 is 0 Å². The lowest BCUT2D eigenvalue weighted by Gasteiger charge is -2.03. The number of anilines is 1. The van der Waals surface area contributed by atoms with E-state index in [1.54, 1.807) is 5.51 Å². The molecule has 1 aromatic heterocycles. The Kier molecular flexibility index (Phi) is 2.62. The fourth-order valence-electron chi connectivity index (χ4n) is 0.542. The maximum atomic E-state index is 3.85. The van der Waals surface area contributed by atoms with E-state index in [0.717, 1.165) is 11.7 Å². The average molecular weight is 157 g/mol. The van der Waals surface area contributed by atoms with Gasteiger partial charge in [0.05, 0.1) is 0 Å². The Morgan fingerprint density at radius 2 is 2.50 bits per heavy atom. The fraction of sp³-hybridized carbons (Fsp3) is 0.667. The molecule has 1 aromatic rings. The van der Waals surface area contributed by atoms with E-state index in [2.05, 4.69) is 29.4 Å². The van der Waals surface area contributed by atoms with Crippen LogP contribution in [0.3, 0.4) is 0 Å². The van der Waals surface area contributed by atoms with E-state index in [0.29, 0.717) is 5.92 Å². The van der Waals surface area contributed by atoms with Gasteiger partial charge in [0, 0.05) is 6.54 Å². The van der Waals surface area contributed by atoms with Gasteiger partial charge < -0.3 is 5.32 Å². The summed E-state index contributed by atoms with van der Waals surface area (Å²) in [5, 5.41) is 11.6. The van der Waals surface area contributed by atoms with Crippen molar-refractivity contribution < 1.29 is 0 Å².